The molecule has 0 fully saturated rings. The van der Waals surface area contributed by atoms with E-state index >= 15 is 0 Å². The van der Waals surface area contributed by atoms with E-state index in [0.29, 0.717) is 23.3 Å². The van der Waals surface area contributed by atoms with Gasteiger partial charge in [0.15, 0.2) is 5.82 Å². The number of hydrogen-bond donors (Lipinski definition) is 1. The smallest absolute Gasteiger partial charge is 0.220 e. The Hall–Kier alpha value is -2.06. The SMILES string of the molecule is COCCn1cc(-c2nc(N)ncc2F)c2cc(Br)ncc21. The minimum atomic E-state index is -0.520. The Balaban J connectivity index is 2.24. The van der Waals surface area contributed by atoms with Crippen LogP contribution in [0.4, 0.5) is 10.3 Å². The van der Waals surface area contributed by atoms with E-state index in [4.69, 9.17) is 10.5 Å². The van der Waals surface area contributed by atoms with Crippen LogP contribution in [0.3, 0.4) is 0 Å². The first kappa shape index (κ1) is 14.9. The van der Waals surface area contributed by atoms with Crippen molar-refractivity contribution in [2.24, 2.45) is 0 Å². The number of methoxy groups -OCH3 is 1. The fourth-order valence-electron chi connectivity index (χ4n) is 2.30. The number of nitrogen functional groups attached to an aromatic ring is 1. The Morgan fingerprint density at radius 3 is 2.95 bits per heavy atom. The molecule has 0 amide bonds. The van der Waals surface area contributed by atoms with E-state index in [1.807, 2.05) is 16.8 Å². The molecular formula is C14H13BrFN5O. The summed E-state index contributed by atoms with van der Waals surface area (Å²) in [6, 6.07) is 1.83. The lowest BCUT2D eigenvalue weighted by Crippen LogP contribution is -2.02. The number of anilines is 1. The molecule has 0 bridgehead atoms. The Kier molecular flexibility index (Phi) is 4.04. The van der Waals surface area contributed by atoms with Crippen molar-refractivity contribution in [3.05, 3.63) is 35.1 Å². The van der Waals surface area contributed by atoms with Gasteiger partial charge in [0.1, 0.15) is 10.3 Å². The van der Waals surface area contributed by atoms with Crippen molar-refractivity contribution >= 4 is 32.8 Å². The Labute approximate surface area is 134 Å². The molecule has 6 nitrogen and oxygen atoms in total. The highest BCUT2D eigenvalue weighted by Gasteiger charge is 2.16. The van der Waals surface area contributed by atoms with Crippen molar-refractivity contribution in [2.75, 3.05) is 19.5 Å². The zero-order valence-electron chi connectivity index (χ0n) is 11.8. The second-order valence-corrected chi connectivity index (χ2v) is 5.49. The lowest BCUT2D eigenvalue weighted by Gasteiger charge is -2.03. The van der Waals surface area contributed by atoms with Crippen molar-refractivity contribution < 1.29 is 9.13 Å². The van der Waals surface area contributed by atoms with Gasteiger partial charge in [0, 0.05) is 30.8 Å². The number of aromatic nitrogens is 4. The first-order valence-corrected chi connectivity index (χ1v) is 7.31. The third-order valence-electron chi connectivity index (χ3n) is 3.29. The summed E-state index contributed by atoms with van der Waals surface area (Å²) in [6.07, 6.45) is 4.62. The largest absolute Gasteiger partial charge is 0.383 e. The van der Waals surface area contributed by atoms with Gasteiger partial charge >= 0.3 is 0 Å². The first-order chi connectivity index (χ1) is 10.6. The van der Waals surface area contributed by atoms with Gasteiger partial charge in [-0.2, -0.15) is 0 Å². The van der Waals surface area contributed by atoms with Crippen molar-refractivity contribution in [3.63, 3.8) is 0 Å². The molecule has 0 aliphatic heterocycles. The van der Waals surface area contributed by atoms with Gasteiger partial charge in [-0.05, 0) is 22.0 Å². The molecule has 3 heterocycles. The monoisotopic (exact) mass is 365 g/mol. The van der Waals surface area contributed by atoms with E-state index < -0.39 is 5.82 Å². The van der Waals surface area contributed by atoms with Crippen LogP contribution in [0.15, 0.2) is 29.3 Å². The van der Waals surface area contributed by atoms with Gasteiger partial charge in [-0.3, -0.25) is 0 Å². The molecule has 0 radical (unpaired) electrons. The molecule has 0 aliphatic carbocycles. The molecule has 3 aromatic rings. The number of halogens is 2. The van der Waals surface area contributed by atoms with E-state index in [-0.39, 0.29) is 11.6 Å². The highest BCUT2D eigenvalue weighted by Crippen LogP contribution is 2.32. The van der Waals surface area contributed by atoms with Gasteiger partial charge in [-0.1, -0.05) is 0 Å². The lowest BCUT2D eigenvalue weighted by atomic mass is 10.1. The van der Waals surface area contributed by atoms with Crippen LogP contribution in [-0.4, -0.2) is 33.2 Å². The summed E-state index contributed by atoms with van der Waals surface area (Å²) in [5.74, 6) is -0.491. The second kappa shape index (κ2) is 5.98. The summed E-state index contributed by atoms with van der Waals surface area (Å²) in [4.78, 5) is 11.9. The third-order valence-corrected chi connectivity index (χ3v) is 3.72. The summed E-state index contributed by atoms with van der Waals surface area (Å²) in [6.45, 7) is 1.16. The van der Waals surface area contributed by atoms with E-state index in [1.54, 1.807) is 13.3 Å². The molecule has 0 aromatic carbocycles. The number of pyridine rings is 1. The fourth-order valence-corrected chi connectivity index (χ4v) is 2.63. The predicted molar refractivity (Wildman–Crippen MR) is 84.7 cm³/mol. The van der Waals surface area contributed by atoms with Gasteiger partial charge in [0.05, 0.1) is 24.5 Å². The van der Waals surface area contributed by atoms with Crippen molar-refractivity contribution in [1.82, 2.24) is 19.5 Å². The van der Waals surface area contributed by atoms with E-state index in [1.165, 1.54) is 0 Å². The minimum Gasteiger partial charge on any atom is -0.383 e. The third kappa shape index (κ3) is 2.67. The summed E-state index contributed by atoms with van der Waals surface area (Å²) in [5.41, 5.74) is 7.27. The van der Waals surface area contributed by atoms with E-state index in [2.05, 4.69) is 30.9 Å². The van der Waals surface area contributed by atoms with Crippen LogP contribution in [0.5, 0.6) is 0 Å². The molecule has 3 aromatic heterocycles. The predicted octanol–water partition coefficient (Wildman–Crippen LogP) is 2.62. The van der Waals surface area contributed by atoms with Crippen LogP contribution >= 0.6 is 15.9 Å². The topological polar surface area (TPSA) is 78.9 Å². The van der Waals surface area contributed by atoms with Crippen molar-refractivity contribution in [2.45, 2.75) is 6.54 Å². The van der Waals surface area contributed by atoms with Crippen LogP contribution in [0, 0.1) is 5.82 Å². The summed E-state index contributed by atoms with van der Waals surface area (Å²) >= 11 is 3.34. The van der Waals surface area contributed by atoms with Gasteiger partial charge in [0.25, 0.3) is 0 Å². The van der Waals surface area contributed by atoms with Crippen molar-refractivity contribution in [3.8, 4) is 11.3 Å². The summed E-state index contributed by atoms with van der Waals surface area (Å²) in [5, 5.41) is 0.829. The number of rotatable bonds is 4. The standard InChI is InChI=1S/C14H13BrFN5O/c1-22-3-2-21-7-9(8-4-12(15)18-6-11(8)21)13-10(16)5-19-14(17)20-13/h4-7H,2-3H2,1H3,(H2,17,19,20). The molecule has 0 atom stereocenters. The second-order valence-electron chi connectivity index (χ2n) is 4.68. The van der Waals surface area contributed by atoms with Crippen LogP contribution < -0.4 is 5.73 Å². The molecule has 114 valence electrons. The van der Waals surface area contributed by atoms with Crippen LogP contribution in [0.1, 0.15) is 0 Å². The molecule has 8 heteroatoms. The zero-order chi connectivity index (χ0) is 15.7. The van der Waals surface area contributed by atoms with Crippen LogP contribution in [-0.2, 0) is 11.3 Å². The van der Waals surface area contributed by atoms with Gasteiger partial charge in [-0.25, -0.2) is 19.3 Å². The number of nitrogens with two attached hydrogens (primary N) is 1. The quantitative estimate of drug-likeness (QED) is 0.719. The molecule has 0 aliphatic rings. The van der Waals surface area contributed by atoms with Crippen molar-refractivity contribution in [1.29, 1.82) is 0 Å². The molecule has 0 spiro atoms. The molecule has 3 rings (SSSR count). The molecule has 0 saturated carbocycles. The summed E-state index contributed by atoms with van der Waals surface area (Å²) < 4.78 is 21.8. The molecule has 0 unspecified atom stereocenters. The zero-order valence-corrected chi connectivity index (χ0v) is 13.3. The average Bonchev–Trinajstić information content (AvgIpc) is 2.85. The Morgan fingerprint density at radius 2 is 2.18 bits per heavy atom. The molecule has 0 saturated heterocycles. The fraction of sp³-hybridized carbons (Fsp3) is 0.214. The van der Waals surface area contributed by atoms with Crippen LogP contribution in [0.25, 0.3) is 22.2 Å². The van der Waals surface area contributed by atoms with Gasteiger partial charge in [-0.15, -0.1) is 0 Å². The average molecular weight is 366 g/mol. The maximum Gasteiger partial charge on any atom is 0.220 e. The first-order valence-electron chi connectivity index (χ1n) is 6.52. The minimum absolute atomic E-state index is 0.0299. The molecule has 22 heavy (non-hydrogen) atoms. The summed E-state index contributed by atoms with van der Waals surface area (Å²) in [7, 11) is 1.63. The maximum atomic E-state index is 14.1. The van der Waals surface area contributed by atoms with E-state index in [9.17, 15) is 4.39 Å². The van der Waals surface area contributed by atoms with Gasteiger partial charge in [0.2, 0.25) is 5.95 Å². The lowest BCUT2D eigenvalue weighted by molar-refractivity contribution is 0.188. The highest BCUT2D eigenvalue weighted by molar-refractivity contribution is 9.10. The number of ether oxygens (including phenoxy) is 1. The van der Waals surface area contributed by atoms with Crippen LogP contribution in [0.2, 0.25) is 0 Å². The number of fused-ring (bicyclic) bond motifs is 1. The molecule has 2 N–H and O–H groups in total. The van der Waals surface area contributed by atoms with Gasteiger partial charge < -0.3 is 15.0 Å². The normalized spacial score (nSPS) is 11.2. The Morgan fingerprint density at radius 1 is 1.36 bits per heavy atom. The highest BCUT2D eigenvalue weighted by atomic mass is 79.9. The number of hydrogen-bond acceptors (Lipinski definition) is 5. The number of nitrogens with zero attached hydrogens (tertiary/aromatic N) is 4. The Bertz CT molecular complexity index is 835. The van der Waals surface area contributed by atoms with E-state index in [0.717, 1.165) is 17.1 Å². The maximum absolute atomic E-state index is 14.1. The molecular weight excluding hydrogens is 353 g/mol.